The monoisotopic (exact) mass is 373 g/mol. The molecule has 0 saturated heterocycles. The van der Waals surface area contributed by atoms with Crippen molar-refractivity contribution in [2.75, 3.05) is 0 Å². The first-order valence-electron chi connectivity index (χ1n) is 8.50. The predicted molar refractivity (Wildman–Crippen MR) is 96.9 cm³/mol. The van der Waals surface area contributed by atoms with Gasteiger partial charge in [0.2, 0.25) is 5.96 Å². The second-order valence-electron chi connectivity index (χ2n) is 7.80. The van der Waals surface area contributed by atoms with Crippen molar-refractivity contribution in [3.63, 3.8) is 0 Å². The van der Waals surface area contributed by atoms with Crippen molar-refractivity contribution >= 4 is 24.1 Å². The largest absolute Gasteiger partial charge is 0.480 e. The van der Waals surface area contributed by atoms with Gasteiger partial charge in [0.05, 0.1) is 0 Å². The summed E-state index contributed by atoms with van der Waals surface area (Å²) < 4.78 is 10.3. The zero-order valence-corrected chi connectivity index (χ0v) is 16.7. The van der Waals surface area contributed by atoms with Gasteiger partial charge in [0, 0.05) is 0 Å². The van der Waals surface area contributed by atoms with Gasteiger partial charge in [0.25, 0.3) is 0 Å². The van der Waals surface area contributed by atoms with Crippen molar-refractivity contribution in [3.05, 3.63) is 0 Å². The first-order valence-corrected chi connectivity index (χ1v) is 8.50. The number of rotatable bonds is 5. The van der Waals surface area contributed by atoms with Crippen LogP contribution >= 0.6 is 0 Å². The highest BCUT2D eigenvalue weighted by molar-refractivity contribution is 6.01. The minimum absolute atomic E-state index is 0.135. The Morgan fingerprint density at radius 1 is 1.08 bits per heavy atom. The Bertz CT molecular complexity index is 546. The maximum Gasteiger partial charge on any atom is 0.437 e. The Hall–Kier alpha value is -2.32. The van der Waals surface area contributed by atoms with Crippen molar-refractivity contribution in [1.82, 2.24) is 4.90 Å². The molecule has 0 bridgehead atoms. The van der Waals surface area contributed by atoms with E-state index < -0.39 is 41.4 Å². The molecule has 1 atom stereocenters. The van der Waals surface area contributed by atoms with E-state index in [2.05, 4.69) is 4.99 Å². The summed E-state index contributed by atoms with van der Waals surface area (Å²) in [5.41, 5.74) is 4.09. The van der Waals surface area contributed by atoms with E-state index in [0.717, 1.165) is 6.42 Å². The molecule has 0 saturated carbocycles. The summed E-state index contributed by atoms with van der Waals surface area (Å²) in [4.78, 5) is 40.2. The lowest BCUT2D eigenvalue weighted by molar-refractivity contribution is -0.142. The topological polar surface area (TPSA) is 132 Å². The minimum Gasteiger partial charge on any atom is -0.480 e. The van der Waals surface area contributed by atoms with E-state index in [-0.39, 0.29) is 6.42 Å². The maximum atomic E-state index is 12.5. The number of hydrogen-bond donors (Lipinski definition) is 2. The molecule has 0 rings (SSSR count). The number of carboxylic acid groups (broad SMARTS) is 1. The Labute approximate surface area is 154 Å². The molecule has 9 heteroatoms. The Kier molecular flexibility index (Phi) is 8.56. The van der Waals surface area contributed by atoms with E-state index in [0.29, 0.717) is 11.3 Å². The van der Waals surface area contributed by atoms with E-state index in [1.807, 2.05) is 6.92 Å². The van der Waals surface area contributed by atoms with Crippen LogP contribution < -0.4 is 5.73 Å². The van der Waals surface area contributed by atoms with E-state index in [4.69, 9.17) is 15.2 Å². The average molecular weight is 373 g/mol. The summed E-state index contributed by atoms with van der Waals surface area (Å²) in [6.45, 7) is 11.7. The van der Waals surface area contributed by atoms with Gasteiger partial charge in [-0.05, 0) is 48.0 Å². The first-order chi connectivity index (χ1) is 11.7. The van der Waals surface area contributed by atoms with Gasteiger partial charge in [-0.25, -0.2) is 19.3 Å². The van der Waals surface area contributed by atoms with Crippen LogP contribution in [0.1, 0.15) is 67.7 Å². The lowest BCUT2D eigenvalue weighted by Crippen LogP contribution is -2.53. The molecule has 0 fully saturated rings. The number of aliphatic carboxylic acids is 1. The number of carboxylic acids is 1. The number of carbonyl (C=O) groups excluding carboxylic acids is 2. The highest BCUT2D eigenvalue weighted by atomic mass is 16.6. The molecule has 26 heavy (non-hydrogen) atoms. The van der Waals surface area contributed by atoms with Crippen LogP contribution in [0, 0.1) is 0 Å². The number of ether oxygens (including phenoxy) is 2. The number of guanidine groups is 1. The molecule has 0 aromatic carbocycles. The maximum absolute atomic E-state index is 12.5. The third-order valence-electron chi connectivity index (χ3n) is 2.86. The second kappa shape index (κ2) is 9.40. The van der Waals surface area contributed by atoms with E-state index in [9.17, 15) is 19.5 Å². The van der Waals surface area contributed by atoms with Crippen molar-refractivity contribution in [1.29, 1.82) is 0 Å². The van der Waals surface area contributed by atoms with Crippen LogP contribution in [0.3, 0.4) is 0 Å². The number of nitrogens with zero attached hydrogens (tertiary/aromatic N) is 2. The van der Waals surface area contributed by atoms with Gasteiger partial charge < -0.3 is 20.3 Å². The van der Waals surface area contributed by atoms with Crippen molar-refractivity contribution < 1.29 is 29.0 Å². The number of carbonyl (C=O) groups is 3. The van der Waals surface area contributed by atoms with Crippen molar-refractivity contribution in [2.45, 2.75) is 85.0 Å². The van der Waals surface area contributed by atoms with Gasteiger partial charge >= 0.3 is 18.2 Å². The third kappa shape index (κ3) is 9.24. The minimum atomic E-state index is -1.31. The number of unbranched alkanes of at least 4 members (excludes halogenated alkanes) is 1. The Morgan fingerprint density at radius 3 is 1.96 bits per heavy atom. The quantitative estimate of drug-likeness (QED) is 0.559. The SMILES string of the molecule is CCCCC(C(=O)O)N(C(=O)OC(C)(C)C)/C(N)=N/C(=O)OC(C)(C)C. The van der Waals surface area contributed by atoms with Gasteiger partial charge in [-0.1, -0.05) is 19.8 Å². The van der Waals surface area contributed by atoms with Crippen LogP contribution in [0.15, 0.2) is 4.99 Å². The van der Waals surface area contributed by atoms with Crippen LogP contribution in [0.25, 0.3) is 0 Å². The van der Waals surface area contributed by atoms with Gasteiger partial charge in [0.1, 0.15) is 17.2 Å². The summed E-state index contributed by atoms with van der Waals surface area (Å²) in [6.07, 6.45) is -0.630. The number of aliphatic imine (C=N–C) groups is 1. The van der Waals surface area contributed by atoms with Gasteiger partial charge in [-0.2, -0.15) is 0 Å². The molecule has 9 nitrogen and oxygen atoms in total. The highest BCUT2D eigenvalue weighted by Gasteiger charge is 2.36. The van der Waals surface area contributed by atoms with Crippen LogP contribution in [0.4, 0.5) is 9.59 Å². The zero-order valence-electron chi connectivity index (χ0n) is 16.7. The highest BCUT2D eigenvalue weighted by Crippen LogP contribution is 2.16. The van der Waals surface area contributed by atoms with E-state index in [1.165, 1.54) is 0 Å². The molecule has 0 aliphatic heterocycles. The molecule has 0 radical (unpaired) electrons. The zero-order chi connectivity index (χ0) is 20.7. The summed E-state index contributed by atoms with van der Waals surface area (Å²) in [5.74, 6) is -1.86. The fourth-order valence-electron chi connectivity index (χ4n) is 1.88. The molecule has 2 amide bonds. The molecule has 3 N–H and O–H groups in total. The lowest BCUT2D eigenvalue weighted by Gasteiger charge is -2.30. The Balaban J connectivity index is 5.77. The molecule has 0 aromatic heterocycles. The molecule has 0 aromatic rings. The van der Waals surface area contributed by atoms with Crippen LogP contribution in [0.5, 0.6) is 0 Å². The van der Waals surface area contributed by atoms with Crippen LogP contribution in [-0.4, -0.2) is 51.4 Å². The van der Waals surface area contributed by atoms with Gasteiger partial charge in [0.15, 0.2) is 0 Å². The lowest BCUT2D eigenvalue weighted by atomic mass is 10.1. The van der Waals surface area contributed by atoms with Crippen molar-refractivity contribution in [2.24, 2.45) is 10.7 Å². The number of amides is 2. The number of nitrogens with two attached hydrogens (primary N) is 1. The smallest absolute Gasteiger partial charge is 0.437 e. The van der Waals surface area contributed by atoms with E-state index >= 15 is 0 Å². The molecule has 0 aliphatic rings. The third-order valence-corrected chi connectivity index (χ3v) is 2.86. The summed E-state index contributed by atoms with van der Waals surface area (Å²) in [6, 6.07) is -1.31. The first kappa shape index (κ1) is 23.7. The fourth-order valence-corrected chi connectivity index (χ4v) is 1.88. The summed E-state index contributed by atoms with van der Waals surface area (Å²) >= 11 is 0. The van der Waals surface area contributed by atoms with Crippen LogP contribution in [0.2, 0.25) is 0 Å². The molecule has 0 heterocycles. The van der Waals surface area contributed by atoms with Gasteiger partial charge in [-0.3, -0.25) is 0 Å². The predicted octanol–water partition coefficient (Wildman–Crippen LogP) is 3.12. The Morgan fingerprint density at radius 2 is 1.58 bits per heavy atom. The second-order valence-corrected chi connectivity index (χ2v) is 7.80. The van der Waals surface area contributed by atoms with E-state index in [1.54, 1.807) is 41.5 Å². The normalized spacial score (nSPS) is 13.7. The molecule has 150 valence electrons. The molecule has 1 unspecified atom stereocenters. The molecular weight excluding hydrogens is 342 g/mol. The molecular formula is C17H31N3O6. The summed E-state index contributed by atoms with van der Waals surface area (Å²) in [5, 5.41) is 9.51. The van der Waals surface area contributed by atoms with Crippen molar-refractivity contribution in [3.8, 4) is 0 Å². The fraction of sp³-hybridized carbons (Fsp3) is 0.765. The average Bonchev–Trinajstić information content (AvgIpc) is 2.37. The number of hydrogen-bond acceptors (Lipinski definition) is 5. The molecule has 0 aliphatic carbocycles. The molecule has 0 spiro atoms. The van der Waals surface area contributed by atoms with Crippen LogP contribution in [-0.2, 0) is 14.3 Å². The standard InChI is InChI=1S/C17H31N3O6/c1-8-9-10-11(12(21)22)20(15(24)26-17(5,6)7)13(18)19-14(23)25-16(2,3)4/h11H,8-10H2,1-7H3,(H,21,22)(H2,18,19,23). The van der Waals surface area contributed by atoms with Gasteiger partial charge in [-0.15, -0.1) is 4.99 Å². The summed E-state index contributed by atoms with van der Waals surface area (Å²) in [7, 11) is 0.